The summed E-state index contributed by atoms with van der Waals surface area (Å²) in [5.74, 6) is 0. The van der Waals surface area contributed by atoms with Crippen molar-refractivity contribution in [3.63, 3.8) is 0 Å². The van der Waals surface area contributed by atoms with Crippen LogP contribution in [0.25, 0.3) is 0 Å². The lowest BCUT2D eigenvalue weighted by Gasteiger charge is -2.10. The van der Waals surface area contributed by atoms with Crippen molar-refractivity contribution in [1.82, 2.24) is 9.78 Å². The third kappa shape index (κ3) is 3.83. The van der Waals surface area contributed by atoms with Gasteiger partial charge in [-0.05, 0) is 57.8 Å². The zero-order chi connectivity index (χ0) is 14.0. The van der Waals surface area contributed by atoms with Crippen LogP contribution in [0.5, 0.6) is 0 Å². The zero-order valence-corrected chi connectivity index (χ0v) is 15.4. The molecular formula is C13H14Br3N3. The van der Waals surface area contributed by atoms with Gasteiger partial charge in [-0.15, -0.1) is 0 Å². The van der Waals surface area contributed by atoms with Crippen LogP contribution in [-0.2, 0) is 6.54 Å². The van der Waals surface area contributed by atoms with Gasteiger partial charge in [0.05, 0.1) is 11.9 Å². The summed E-state index contributed by atoms with van der Waals surface area (Å²) in [6.45, 7) is 4.98. The molecule has 6 heteroatoms. The number of aromatic nitrogens is 2. The molecule has 0 saturated carbocycles. The summed E-state index contributed by atoms with van der Waals surface area (Å²) in [5, 5.41) is 7.74. The molecule has 0 fully saturated rings. The standard InChI is InChI=1S/C13H14Br3N3/c1-8(2)19-7-9(6-18-19)5-17-13-11(15)3-10(14)4-12(13)16/h3-4,6-8,17H,5H2,1-2H3. The maximum atomic E-state index is 4.33. The van der Waals surface area contributed by atoms with E-state index in [9.17, 15) is 0 Å². The normalized spacial score (nSPS) is 11.1. The second kappa shape index (κ2) is 6.41. The van der Waals surface area contributed by atoms with Gasteiger partial charge in [0.25, 0.3) is 0 Å². The topological polar surface area (TPSA) is 29.9 Å². The molecule has 2 aromatic rings. The lowest BCUT2D eigenvalue weighted by atomic mass is 10.3. The van der Waals surface area contributed by atoms with Crippen LogP contribution in [0, 0.1) is 0 Å². The van der Waals surface area contributed by atoms with E-state index in [1.54, 1.807) is 0 Å². The molecule has 0 aliphatic rings. The maximum Gasteiger partial charge on any atom is 0.0632 e. The molecule has 0 aliphatic heterocycles. The Balaban J connectivity index is 2.10. The molecule has 0 amide bonds. The summed E-state index contributed by atoms with van der Waals surface area (Å²) >= 11 is 10.6. The molecule has 0 atom stereocenters. The molecule has 1 aromatic heterocycles. The fourth-order valence-electron chi connectivity index (χ4n) is 1.65. The number of benzene rings is 1. The van der Waals surface area contributed by atoms with Gasteiger partial charge in [0.1, 0.15) is 0 Å². The van der Waals surface area contributed by atoms with Crippen LogP contribution < -0.4 is 5.32 Å². The van der Waals surface area contributed by atoms with E-state index in [0.717, 1.165) is 31.2 Å². The van der Waals surface area contributed by atoms with Crippen molar-refractivity contribution in [3.05, 3.63) is 43.5 Å². The molecule has 3 nitrogen and oxygen atoms in total. The fourth-order valence-corrected chi connectivity index (χ4v) is 4.19. The summed E-state index contributed by atoms with van der Waals surface area (Å²) in [7, 11) is 0. The molecule has 1 aromatic carbocycles. The second-order valence-electron chi connectivity index (χ2n) is 4.52. The van der Waals surface area contributed by atoms with Crippen LogP contribution in [0.1, 0.15) is 25.5 Å². The first kappa shape index (κ1) is 15.1. The van der Waals surface area contributed by atoms with Gasteiger partial charge in [-0.2, -0.15) is 5.10 Å². The van der Waals surface area contributed by atoms with Gasteiger partial charge < -0.3 is 5.32 Å². The van der Waals surface area contributed by atoms with Gasteiger partial charge in [-0.3, -0.25) is 4.68 Å². The quantitative estimate of drug-likeness (QED) is 0.677. The Kier molecular flexibility index (Phi) is 5.09. The van der Waals surface area contributed by atoms with Gasteiger partial charge in [-0.25, -0.2) is 0 Å². The summed E-state index contributed by atoms with van der Waals surface area (Å²) in [4.78, 5) is 0. The van der Waals surface area contributed by atoms with Crippen molar-refractivity contribution in [2.24, 2.45) is 0 Å². The zero-order valence-electron chi connectivity index (χ0n) is 10.6. The first-order valence-corrected chi connectivity index (χ1v) is 8.26. The molecular weight excluding hydrogens is 438 g/mol. The van der Waals surface area contributed by atoms with E-state index in [0.29, 0.717) is 6.04 Å². The molecule has 0 aliphatic carbocycles. The highest BCUT2D eigenvalue weighted by Gasteiger charge is 2.07. The fraction of sp³-hybridized carbons (Fsp3) is 0.308. The third-order valence-electron chi connectivity index (χ3n) is 2.66. The van der Waals surface area contributed by atoms with Gasteiger partial charge in [0, 0.05) is 37.8 Å². The SMILES string of the molecule is CC(C)n1cc(CNc2c(Br)cc(Br)cc2Br)cn1. The Bertz CT molecular complexity index is 555. The van der Waals surface area contributed by atoms with Crippen molar-refractivity contribution in [1.29, 1.82) is 0 Å². The van der Waals surface area contributed by atoms with E-state index in [4.69, 9.17) is 0 Å². The van der Waals surface area contributed by atoms with Crippen molar-refractivity contribution >= 4 is 53.5 Å². The van der Waals surface area contributed by atoms with Gasteiger partial charge >= 0.3 is 0 Å². The van der Waals surface area contributed by atoms with Crippen LogP contribution in [0.3, 0.4) is 0 Å². The minimum Gasteiger partial charge on any atom is -0.379 e. The number of hydrogen-bond acceptors (Lipinski definition) is 2. The molecule has 0 spiro atoms. The summed E-state index contributed by atoms with van der Waals surface area (Å²) in [6, 6.07) is 4.43. The molecule has 1 N–H and O–H groups in total. The molecule has 0 bridgehead atoms. The maximum absolute atomic E-state index is 4.33. The lowest BCUT2D eigenvalue weighted by molar-refractivity contribution is 0.532. The molecule has 19 heavy (non-hydrogen) atoms. The predicted molar refractivity (Wildman–Crippen MR) is 89.5 cm³/mol. The number of nitrogens with zero attached hydrogens (tertiary/aromatic N) is 2. The average Bonchev–Trinajstić information content (AvgIpc) is 2.76. The number of hydrogen-bond donors (Lipinski definition) is 1. The molecule has 0 unspecified atom stereocenters. The van der Waals surface area contributed by atoms with Crippen molar-refractivity contribution < 1.29 is 0 Å². The monoisotopic (exact) mass is 449 g/mol. The highest BCUT2D eigenvalue weighted by molar-refractivity contribution is 9.11. The van der Waals surface area contributed by atoms with Crippen LogP contribution in [0.2, 0.25) is 0 Å². The van der Waals surface area contributed by atoms with Crippen LogP contribution >= 0.6 is 47.8 Å². The Morgan fingerprint density at radius 3 is 2.37 bits per heavy atom. The summed E-state index contributed by atoms with van der Waals surface area (Å²) < 4.78 is 5.03. The Labute approximate surface area is 138 Å². The summed E-state index contributed by atoms with van der Waals surface area (Å²) in [6.07, 6.45) is 3.96. The van der Waals surface area contributed by atoms with E-state index in [-0.39, 0.29) is 0 Å². The highest BCUT2D eigenvalue weighted by atomic mass is 79.9. The Hall–Kier alpha value is -0.330. The second-order valence-corrected chi connectivity index (χ2v) is 7.14. The van der Waals surface area contributed by atoms with Crippen LogP contribution in [0.15, 0.2) is 37.9 Å². The first-order chi connectivity index (χ1) is 8.97. The van der Waals surface area contributed by atoms with E-state index < -0.39 is 0 Å². The minimum atomic E-state index is 0.389. The Morgan fingerprint density at radius 1 is 1.21 bits per heavy atom. The highest BCUT2D eigenvalue weighted by Crippen LogP contribution is 2.34. The van der Waals surface area contributed by atoms with Gasteiger partial charge in [0.15, 0.2) is 0 Å². The van der Waals surface area contributed by atoms with Crippen molar-refractivity contribution in [2.75, 3.05) is 5.32 Å². The Morgan fingerprint density at radius 2 is 1.84 bits per heavy atom. The van der Waals surface area contributed by atoms with Gasteiger partial charge in [0.2, 0.25) is 0 Å². The number of nitrogens with one attached hydrogen (secondary N) is 1. The van der Waals surface area contributed by atoms with E-state index in [1.165, 1.54) is 0 Å². The average molecular weight is 452 g/mol. The van der Waals surface area contributed by atoms with Gasteiger partial charge in [-0.1, -0.05) is 15.9 Å². The molecule has 1 heterocycles. The smallest absolute Gasteiger partial charge is 0.0632 e. The number of rotatable bonds is 4. The minimum absolute atomic E-state index is 0.389. The number of anilines is 1. The predicted octanol–water partition coefficient (Wildman–Crippen LogP) is 5.36. The molecule has 2 rings (SSSR count). The van der Waals surface area contributed by atoms with Crippen LogP contribution in [-0.4, -0.2) is 9.78 Å². The largest absolute Gasteiger partial charge is 0.379 e. The molecule has 0 radical (unpaired) electrons. The summed E-state index contributed by atoms with van der Waals surface area (Å²) in [5.41, 5.74) is 2.20. The van der Waals surface area contributed by atoms with E-state index in [1.807, 2.05) is 23.0 Å². The van der Waals surface area contributed by atoms with Crippen molar-refractivity contribution in [2.45, 2.75) is 26.4 Å². The van der Waals surface area contributed by atoms with Crippen LogP contribution in [0.4, 0.5) is 5.69 Å². The van der Waals surface area contributed by atoms with E-state index in [2.05, 4.69) is 78.2 Å². The number of halogens is 3. The van der Waals surface area contributed by atoms with Crippen molar-refractivity contribution in [3.8, 4) is 0 Å². The molecule has 0 saturated heterocycles. The van der Waals surface area contributed by atoms with E-state index >= 15 is 0 Å². The molecule has 102 valence electrons. The lowest BCUT2D eigenvalue weighted by Crippen LogP contribution is -2.02. The third-order valence-corrected chi connectivity index (χ3v) is 4.37. The first-order valence-electron chi connectivity index (χ1n) is 5.89.